The summed E-state index contributed by atoms with van der Waals surface area (Å²) in [6, 6.07) is 6.02. The van der Waals surface area contributed by atoms with E-state index in [4.69, 9.17) is 11.5 Å². The summed E-state index contributed by atoms with van der Waals surface area (Å²) >= 11 is 0. The van der Waals surface area contributed by atoms with E-state index in [1.165, 1.54) is 0 Å². The zero-order chi connectivity index (χ0) is 11.4. The van der Waals surface area contributed by atoms with Crippen LogP contribution in [-0.4, -0.2) is 17.6 Å². The summed E-state index contributed by atoms with van der Waals surface area (Å²) in [7, 11) is 0. The van der Waals surface area contributed by atoms with Crippen LogP contribution in [0.4, 0.5) is 5.82 Å². The summed E-state index contributed by atoms with van der Waals surface area (Å²) < 4.78 is 0. The number of pyridine rings is 1. The number of rotatable bonds is 3. The largest absolute Gasteiger partial charge is 0.328 e. The van der Waals surface area contributed by atoms with Gasteiger partial charge in [0.1, 0.15) is 5.82 Å². The fourth-order valence-electron chi connectivity index (χ4n) is 1.70. The Bertz CT molecular complexity index is 411. The highest BCUT2D eigenvalue weighted by Gasteiger charge is 2.15. The summed E-state index contributed by atoms with van der Waals surface area (Å²) in [5.41, 5.74) is 12.2. The number of anilines is 1. The SMILES string of the molecule is NCc1cccc(N2C=CC=CC2CN)n1. The molecular weight excluding hydrogens is 200 g/mol. The van der Waals surface area contributed by atoms with E-state index >= 15 is 0 Å². The van der Waals surface area contributed by atoms with Gasteiger partial charge < -0.3 is 16.4 Å². The van der Waals surface area contributed by atoms with Gasteiger partial charge in [0, 0.05) is 19.3 Å². The molecule has 0 bridgehead atoms. The highest BCUT2D eigenvalue weighted by molar-refractivity contribution is 5.48. The summed E-state index contributed by atoms with van der Waals surface area (Å²) in [6.07, 6.45) is 8.03. The van der Waals surface area contributed by atoms with E-state index in [9.17, 15) is 0 Å². The third kappa shape index (κ3) is 2.13. The van der Waals surface area contributed by atoms with Gasteiger partial charge >= 0.3 is 0 Å². The molecule has 1 atom stereocenters. The van der Waals surface area contributed by atoms with Crippen LogP contribution in [0.25, 0.3) is 0 Å². The number of nitrogens with two attached hydrogens (primary N) is 2. The first-order valence-electron chi connectivity index (χ1n) is 5.34. The van der Waals surface area contributed by atoms with Gasteiger partial charge in [-0.3, -0.25) is 0 Å². The number of allylic oxidation sites excluding steroid dienone is 2. The summed E-state index contributed by atoms with van der Waals surface area (Å²) in [5, 5.41) is 0. The lowest BCUT2D eigenvalue weighted by atomic mass is 10.2. The standard InChI is InChI=1S/C12H16N4/c13-8-10-4-3-6-12(15-10)16-7-2-1-5-11(16)9-14/h1-7,11H,8-9,13-14H2. The quantitative estimate of drug-likeness (QED) is 0.782. The van der Waals surface area contributed by atoms with Crippen LogP contribution in [0, 0.1) is 0 Å². The molecule has 2 rings (SSSR count). The molecule has 0 aromatic carbocycles. The van der Waals surface area contributed by atoms with E-state index in [2.05, 4.69) is 16.0 Å². The topological polar surface area (TPSA) is 68.2 Å². The minimum absolute atomic E-state index is 0.172. The summed E-state index contributed by atoms with van der Waals surface area (Å²) in [6.45, 7) is 1.02. The summed E-state index contributed by atoms with van der Waals surface area (Å²) in [4.78, 5) is 6.53. The van der Waals surface area contributed by atoms with Crippen LogP contribution in [-0.2, 0) is 6.54 Å². The molecule has 1 aromatic heterocycles. The first-order valence-corrected chi connectivity index (χ1v) is 5.34. The smallest absolute Gasteiger partial charge is 0.133 e. The van der Waals surface area contributed by atoms with Gasteiger partial charge in [-0.25, -0.2) is 4.98 Å². The fraction of sp³-hybridized carbons (Fsp3) is 0.250. The molecule has 1 aliphatic rings. The van der Waals surface area contributed by atoms with E-state index in [-0.39, 0.29) is 6.04 Å². The Labute approximate surface area is 95.3 Å². The highest BCUT2D eigenvalue weighted by atomic mass is 15.2. The molecule has 0 radical (unpaired) electrons. The third-order valence-corrected chi connectivity index (χ3v) is 2.56. The van der Waals surface area contributed by atoms with Gasteiger partial charge in [-0.2, -0.15) is 0 Å². The Morgan fingerprint density at radius 1 is 1.25 bits per heavy atom. The van der Waals surface area contributed by atoms with E-state index in [1.54, 1.807) is 0 Å². The number of nitrogens with zero attached hydrogens (tertiary/aromatic N) is 2. The number of aromatic nitrogens is 1. The monoisotopic (exact) mass is 216 g/mol. The Hall–Kier alpha value is -1.65. The zero-order valence-corrected chi connectivity index (χ0v) is 9.08. The van der Waals surface area contributed by atoms with Crippen molar-refractivity contribution < 1.29 is 0 Å². The molecular formula is C12H16N4. The van der Waals surface area contributed by atoms with E-state index < -0.39 is 0 Å². The second-order valence-corrected chi connectivity index (χ2v) is 3.63. The van der Waals surface area contributed by atoms with Gasteiger partial charge in [0.25, 0.3) is 0 Å². The highest BCUT2D eigenvalue weighted by Crippen LogP contribution is 2.18. The van der Waals surface area contributed by atoms with Crippen molar-refractivity contribution >= 4 is 5.82 Å². The molecule has 4 heteroatoms. The van der Waals surface area contributed by atoms with Crippen LogP contribution in [0.15, 0.2) is 42.6 Å². The van der Waals surface area contributed by atoms with E-state index in [0.29, 0.717) is 13.1 Å². The lowest BCUT2D eigenvalue weighted by molar-refractivity contribution is 0.760. The molecule has 1 unspecified atom stereocenters. The van der Waals surface area contributed by atoms with Crippen molar-refractivity contribution in [3.63, 3.8) is 0 Å². The van der Waals surface area contributed by atoms with Crippen LogP contribution >= 0.6 is 0 Å². The minimum Gasteiger partial charge on any atom is -0.328 e. The van der Waals surface area contributed by atoms with Crippen LogP contribution in [0.1, 0.15) is 5.69 Å². The van der Waals surface area contributed by atoms with Crippen LogP contribution in [0.3, 0.4) is 0 Å². The Morgan fingerprint density at radius 2 is 2.12 bits per heavy atom. The average molecular weight is 216 g/mol. The third-order valence-electron chi connectivity index (χ3n) is 2.56. The lowest BCUT2D eigenvalue weighted by Gasteiger charge is -2.28. The lowest BCUT2D eigenvalue weighted by Crippen LogP contribution is -2.37. The van der Waals surface area contributed by atoms with Crippen molar-refractivity contribution in [1.82, 2.24) is 4.98 Å². The maximum atomic E-state index is 5.72. The van der Waals surface area contributed by atoms with E-state index in [1.807, 2.05) is 36.6 Å². The Balaban J connectivity index is 2.28. The molecule has 4 nitrogen and oxygen atoms in total. The molecule has 0 saturated carbocycles. The molecule has 0 spiro atoms. The van der Waals surface area contributed by atoms with Crippen molar-refractivity contribution in [2.45, 2.75) is 12.6 Å². The number of hydrogen-bond donors (Lipinski definition) is 2. The van der Waals surface area contributed by atoms with Crippen molar-refractivity contribution in [2.24, 2.45) is 11.5 Å². The van der Waals surface area contributed by atoms with Gasteiger partial charge in [0.05, 0.1) is 11.7 Å². The maximum Gasteiger partial charge on any atom is 0.133 e. The molecule has 16 heavy (non-hydrogen) atoms. The minimum atomic E-state index is 0.172. The second-order valence-electron chi connectivity index (χ2n) is 3.63. The van der Waals surface area contributed by atoms with Crippen molar-refractivity contribution in [2.75, 3.05) is 11.4 Å². The van der Waals surface area contributed by atoms with Crippen molar-refractivity contribution in [3.05, 3.63) is 48.3 Å². The molecule has 0 saturated heterocycles. The maximum absolute atomic E-state index is 5.72. The fourth-order valence-corrected chi connectivity index (χ4v) is 1.70. The first kappa shape index (κ1) is 10.9. The predicted octanol–water partition coefficient (Wildman–Crippen LogP) is 0.757. The molecule has 84 valence electrons. The first-order chi connectivity index (χ1) is 7.85. The van der Waals surface area contributed by atoms with Gasteiger partial charge in [0.15, 0.2) is 0 Å². The molecule has 0 fully saturated rings. The molecule has 1 aromatic rings. The van der Waals surface area contributed by atoms with Crippen LogP contribution in [0.5, 0.6) is 0 Å². The number of hydrogen-bond acceptors (Lipinski definition) is 4. The van der Waals surface area contributed by atoms with Crippen molar-refractivity contribution in [3.8, 4) is 0 Å². The van der Waals surface area contributed by atoms with E-state index in [0.717, 1.165) is 11.5 Å². The van der Waals surface area contributed by atoms with Gasteiger partial charge in [-0.1, -0.05) is 18.2 Å². The van der Waals surface area contributed by atoms with Gasteiger partial charge in [-0.15, -0.1) is 0 Å². The predicted molar refractivity (Wildman–Crippen MR) is 65.7 cm³/mol. The van der Waals surface area contributed by atoms with Gasteiger partial charge in [-0.05, 0) is 18.2 Å². The zero-order valence-electron chi connectivity index (χ0n) is 9.08. The molecule has 1 aliphatic heterocycles. The Kier molecular flexibility index (Phi) is 3.34. The summed E-state index contributed by atoms with van der Waals surface area (Å²) in [5.74, 6) is 0.888. The van der Waals surface area contributed by atoms with Crippen LogP contribution in [0.2, 0.25) is 0 Å². The van der Waals surface area contributed by atoms with Gasteiger partial charge in [0.2, 0.25) is 0 Å². The normalized spacial score (nSPS) is 19.1. The molecule has 0 aliphatic carbocycles. The molecule has 2 heterocycles. The average Bonchev–Trinajstić information content (AvgIpc) is 2.38. The molecule has 0 amide bonds. The Morgan fingerprint density at radius 3 is 2.88 bits per heavy atom. The van der Waals surface area contributed by atoms with Crippen molar-refractivity contribution in [1.29, 1.82) is 0 Å². The molecule has 4 N–H and O–H groups in total. The van der Waals surface area contributed by atoms with Crippen LogP contribution < -0.4 is 16.4 Å². The second kappa shape index (κ2) is 4.92.